The standard InChI is InChI=1S/C17H31N3O3/c1-16(2,3)23-15(22)19-17(4,5)10-14(21)18-13-11-20-8-6-12(13)7-9-20/h12-13H,6-11H2,1-5H3,(H,18,21)(H,19,22). The van der Waals surface area contributed by atoms with E-state index >= 15 is 0 Å². The number of ether oxygens (including phenoxy) is 1. The first kappa shape index (κ1) is 18.0. The first-order chi connectivity index (χ1) is 10.5. The zero-order valence-corrected chi connectivity index (χ0v) is 15.1. The lowest BCUT2D eigenvalue weighted by molar-refractivity contribution is -0.124. The normalized spacial score (nSPS) is 27.4. The van der Waals surface area contributed by atoms with Crippen LogP contribution < -0.4 is 10.6 Å². The van der Waals surface area contributed by atoms with Gasteiger partial charge in [0.05, 0.1) is 0 Å². The summed E-state index contributed by atoms with van der Waals surface area (Å²) in [6.45, 7) is 12.4. The molecule has 0 spiro atoms. The summed E-state index contributed by atoms with van der Waals surface area (Å²) >= 11 is 0. The molecule has 2 amide bonds. The molecule has 2 bridgehead atoms. The van der Waals surface area contributed by atoms with Crippen LogP contribution in [0.15, 0.2) is 0 Å². The van der Waals surface area contributed by atoms with E-state index < -0.39 is 17.2 Å². The number of alkyl carbamates (subject to hydrolysis) is 1. The third-order valence-corrected chi connectivity index (χ3v) is 4.44. The summed E-state index contributed by atoms with van der Waals surface area (Å²) in [6.07, 6.45) is 2.10. The van der Waals surface area contributed by atoms with Crippen LogP contribution in [0.3, 0.4) is 0 Å². The van der Waals surface area contributed by atoms with E-state index in [9.17, 15) is 9.59 Å². The minimum absolute atomic E-state index is 0.00944. The minimum atomic E-state index is -0.639. The Bertz CT molecular complexity index is 448. The monoisotopic (exact) mass is 325 g/mol. The Hall–Kier alpha value is -1.30. The average molecular weight is 325 g/mol. The molecule has 1 atom stereocenters. The van der Waals surface area contributed by atoms with Gasteiger partial charge in [-0.1, -0.05) is 0 Å². The lowest BCUT2D eigenvalue weighted by atomic mass is 9.84. The molecule has 6 nitrogen and oxygen atoms in total. The van der Waals surface area contributed by atoms with Gasteiger partial charge in [0.15, 0.2) is 0 Å². The van der Waals surface area contributed by atoms with E-state index in [-0.39, 0.29) is 18.4 Å². The Balaban J connectivity index is 1.80. The second-order valence-electron chi connectivity index (χ2n) is 8.50. The number of amides is 2. The number of nitrogens with one attached hydrogen (secondary N) is 2. The minimum Gasteiger partial charge on any atom is -0.444 e. The number of nitrogens with zero attached hydrogens (tertiary/aromatic N) is 1. The highest BCUT2D eigenvalue weighted by atomic mass is 16.6. The third-order valence-electron chi connectivity index (χ3n) is 4.44. The van der Waals surface area contributed by atoms with Gasteiger partial charge < -0.3 is 20.3 Å². The molecule has 3 fully saturated rings. The molecule has 0 aliphatic carbocycles. The van der Waals surface area contributed by atoms with Gasteiger partial charge in [0, 0.05) is 24.5 Å². The van der Waals surface area contributed by atoms with Gasteiger partial charge in [-0.25, -0.2) is 4.79 Å². The summed E-state index contributed by atoms with van der Waals surface area (Å²) in [5.74, 6) is 0.593. The van der Waals surface area contributed by atoms with Gasteiger partial charge in [0.25, 0.3) is 0 Å². The Labute approximate surface area is 139 Å². The molecule has 0 aromatic rings. The van der Waals surface area contributed by atoms with Gasteiger partial charge in [-0.15, -0.1) is 0 Å². The van der Waals surface area contributed by atoms with Crippen molar-refractivity contribution in [3.05, 3.63) is 0 Å². The molecule has 0 aromatic carbocycles. The van der Waals surface area contributed by atoms with Gasteiger partial charge in [-0.05, 0) is 66.5 Å². The zero-order chi connectivity index (χ0) is 17.3. The molecular formula is C17H31N3O3. The van der Waals surface area contributed by atoms with Crippen LogP contribution in [0.25, 0.3) is 0 Å². The number of fused-ring (bicyclic) bond motifs is 3. The molecule has 132 valence electrons. The van der Waals surface area contributed by atoms with Crippen LogP contribution in [-0.4, -0.2) is 53.7 Å². The highest BCUT2D eigenvalue weighted by molar-refractivity contribution is 5.79. The van der Waals surface area contributed by atoms with E-state index in [1.165, 1.54) is 12.8 Å². The fraction of sp³-hybridized carbons (Fsp3) is 0.882. The van der Waals surface area contributed by atoms with Crippen LogP contribution in [0.4, 0.5) is 4.79 Å². The van der Waals surface area contributed by atoms with Crippen molar-refractivity contribution in [3.8, 4) is 0 Å². The molecule has 3 saturated heterocycles. The van der Waals surface area contributed by atoms with Crippen molar-refractivity contribution in [2.75, 3.05) is 19.6 Å². The first-order valence-electron chi connectivity index (χ1n) is 8.57. The van der Waals surface area contributed by atoms with Crippen LogP contribution in [0.1, 0.15) is 53.9 Å². The number of carbonyl (C=O) groups excluding carboxylic acids is 2. The molecule has 0 radical (unpaired) electrons. The number of hydrogen-bond acceptors (Lipinski definition) is 4. The summed E-state index contributed by atoms with van der Waals surface area (Å²) in [4.78, 5) is 26.6. The van der Waals surface area contributed by atoms with Crippen molar-refractivity contribution >= 4 is 12.0 Å². The van der Waals surface area contributed by atoms with Crippen LogP contribution in [0, 0.1) is 5.92 Å². The Morgan fingerprint density at radius 1 is 1.13 bits per heavy atom. The molecule has 3 aliphatic rings. The van der Waals surface area contributed by atoms with Gasteiger partial charge in [-0.3, -0.25) is 4.79 Å². The molecule has 3 heterocycles. The van der Waals surface area contributed by atoms with Crippen molar-refractivity contribution in [1.82, 2.24) is 15.5 Å². The van der Waals surface area contributed by atoms with Gasteiger partial charge in [0.1, 0.15) is 5.60 Å². The van der Waals surface area contributed by atoms with E-state index in [1.807, 2.05) is 34.6 Å². The predicted octanol–water partition coefficient (Wildman–Crippen LogP) is 1.89. The van der Waals surface area contributed by atoms with E-state index in [0.717, 1.165) is 19.6 Å². The Morgan fingerprint density at radius 3 is 2.22 bits per heavy atom. The Kier molecular flexibility index (Phi) is 5.23. The maximum Gasteiger partial charge on any atom is 0.408 e. The lowest BCUT2D eigenvalue weighted by Gasteiger charge is -2.45. The fourth-order valence-electron chi connectivity index (χ4n) is 3.41. The largest absolute Gasteiger partial charge is 0.444 e. The summed E-state index contributed by atoms with van der Waals surface area (Å²) in [5, 5.41) is 5.94. The lowest BCUT2D eigenvalue weighted by Crippen LogP contribution is -2.58. The zero-order valence-electron chi connectivity index (χ0n) is 15.1. The number of rotatable bonds is 4. The quantitative estimate of drug-likeness (QED) is 0.828. The van der Waals surface area contributed by atoms with Crippen LogP contribution in [-0.2, 0) is 9.53 Å². The van der Waals surface area contributed by atoms with Gasteiger partial charge >= 0.3 is 6.09 Å². The van der Waals surface area contributed by atoms with E-state index in [4.69, 9.17) is 4.74 Å². The number of hydrogen-bond donors (Lipinski definition) is 2. The molecule has 0 aromatic heterocycles. The van der Waals surface area contributed by atoms with Crippen molar-refractivity contribution in [1.29, 1.82) is 0 Å². The molecular weight excluding hydrogens is 294 g/mol. The molecule has 2 N–H and O–H groups in total. The second kappa shape index (κ2) is 6.67. The molecule has 1 unspecified atom stereocenters. The number of carbonyl (C=O) groups is 2. The topological polar surface area (TPSA) is 70.7 Å². The molecule has 3 rings (SSSR count). The third kappa shape index (κ3) is 5.68. The summed E-state index contributed by atoms with van der Waals surface area (Å²) < 4.78 is 5.26. The van der Waals surface area contributed by atoms with E-state index in [1.54, 1.807) is 0 Å². The first-order valence-corrected chi connectivity index (χ1v) is 8.57. The maximum atomic E-state index is 12.3. The van der Waals surface area contributed by atoms with Gasteiger partial charge in [0.2, 0.25) is 5.91 Å². The highest BCUT2D eigenvalue weighted by Gasteiger charge is 2.36. The van der Waals surface area contributed by atoms with E-state index in [0.29, 0.717) is 5.92 Å². The van der Waals surface area contributed by atoms with Crippen molar-refractivity contribution in [2.24, 2.45) is 5.92 Å². The predicted molar refractivity (Wildman–Crippen MR) is 89.2 cm³/mol. The van der Waals surface area contributed by atoms with Gasteiger partial charge in [-0.2, -0.15) is 0 Å². The highest BCUT2D eigenvalue weighted by Crippen LogP contribution is 2.27. The second-order valence-corrected chi connectivity index (χ2v) is 8.50. The summed E-state index contributed by atoms with van der Waals surface area (Å²) in [6, 6.07) is 0.252. The summed E-state index contributed by atoms with van der Waals surface area (Å²) in [5.41, 5.74) is -1.18. The Morgan fingerprint density at radius 2 is 1.74 bits per heavy atom. The van der Waals surface area contributed by atoms with Crippen LogP contribution in [0.5, 0.6) is 0 Å². The van der Waals surface area contributed by atoms with Crippen LogP contribution >= 0.6 is 0 Å². The van der Waals surface area contributed by atoms with Crippen molar-refractivity contribution < 1.29 is 14.3 Å². The smallest absolute Gasteiger partial charge is 0.408 e. The summed E-state index contributed by atoms with van der Waals surface area (Å²) in [7, 11) is 0. The van der Waals surface area contributed by atoms with Crippen LogP contribution in [0.2, 0.25) is 0 Å². The molecule has 3 aliphatic heterocycles. The van der Waals surface area contributed by atoms with E-state index in [2.05, 4.69) is 15.5 Å². The maximum absolute atomic E-state index is 12.3. The van der Waals surface area contributed by atoms with Crippen molar-refractivity contribution in [2.45, 2.75) is 71.1 Å². The fourth-order valence-corrected chi connectivity index (χ4v) is 3.41. The molecule has 0 saturated carbocycles. The SMILES string of the molecule is CC(C)(CC(=O)NC1CN2CCC1CC2)NC(=O)OC(C)(C)C. The van der Waals surface area contributed by atoms with Crippen molar-refractivity contribution in [3.63, 3.8) is 0 Å². The molecule has 6 heteroatoms. The average Bonchev–Trinajstić information content (AvgIpc) is 2.35. The molecule has 23 heavy (non-hydrogen) atoms. The number of piperidine rings is 3.